The van der Waals surface area contributed by atoms with E-state index in [0.29, 0.717) is 28.2 Å². The minimum atomic E-state index is -0.590. The van der Waals surface area contributed by atoms with E-state index in [0.717, 1.165) is 9.80 Å². The van der Waals surface area contributed by atoms with Crippen LogP contribution < -0.4 is 9.80 Å². The molecule has 2 aromatic heterocycles. The van der Waals surface area contributed by atoms with E-state index in [1.165, 1.54) is 36.9 Å². The molecule has 9 heteroatoms. The van der Waals surface area contributed by atoms with Crippen molar-refractivity contribution >= 4 is 51.5 Å². The lowest BCUT2D eigenvalue weighted by molar-refractivity contribution is 0.0873. The molecule has 0 N–H and O–H groups in total. The van der Waals surface area contributed by atoms with Crippen molar-refractivity contribution in [3.63, 3.8) is 0 Å². The Morgan fingerprint density at radius 3 is 1.60 bits per heavy atom. The van der Waals surface area contributed by atoms with Gasteiger partial charge in [0.25, 0.3) is 23.6 Å². The Morgan fingerprint density at radius 2 is 1.05 bits per heavy atom. The van der Waals surface area contributed by atoms with Crippen LogP contribution in [0.25, 0.3) is 26.7 Å². The van der Waals surface area contributed by atoms with E-state index in [9.17, 15) is 19.2 Å². The van der Waals surface area contributed by atoms with Gasteiger partial charge in [-0.25, -0.2) is 14.6 Å². The molecule has 0 aliphatic carbocycles. The van der Waals surface area contributed by atoms with E-state index < -0.39 is 23.6 Å². The second-order valence-electron chi connectivity index (χ2n) is 9.22. The Bertz CT molecular complexity index is 1980. The number of amides is 4. The number of anilines is 2. The van der Waals surface area contributed by atoms with Crippen LogP contribution in [0.1, 0.15) is 41.4 Å². The van der Waals surface area contributed by atoms with Crippen LogP contribution in [-0.4, -0.2) is 33.6 Å². The first kappa shape index (κ1) is 23.1. The van der Waals surface area contributed by atoms with E-state index >= 15 is 0 Å². The zero-order valence-electron chi connectivity index (χ0n) is 20.5. The lowest BCUT2D eigenvalue weighted by atomic mass is 9.81. The second-order valence-corrected chi connectivity index (χ2v) is 9.22. The molecule has 9 nitrogen and oxygen atoms in total. The lowest BCUT2D eigenvalue weighted by Gasteiger charge is -2.33. The number of benzene rings is 3. The van der Waals surface area contributed by atoms with Crippen LogP contribution in [0.15, 0.2) is 91.5 Å². The van der Waals surface area contributed by atoms with E-state index in [2.05, 4.69) is 14.8 Å². The van der Waals surface area contributed by atoms with Crippen molar-refractivity contribution in [1.29, 1.82) is 0 Å². The molecular formula is C31H15N5O4. The molecular weight excluding hydrogens is 506 g/mol. The van der Waals surface area contributed by atoms with Gasteiger partial charge in [0.1, 0.15) is 0 Å². The van der Waals surface area contributed by atoms with E-state index in [4.69, 9.17) is 6.57 Å². The standard InChI is InChI=1S/C31H15N5O4/c1-32-18-4-2-17(3-5-18)23-16-24-25-21(28(37)35(30(24)39)19-8-12-33-13-9-19)6-7-22-26(25)27(23)31(40)36(29(22)38)20-10-14-34-15-11-20/h2-16H. The summed E-state index contributed by atoms with van der Waals surface area (Å²) in [5.41, 5.74) is 2.88. The van der Waals surface area contributed by atoms with Crippen molar-refractivity contribution in [2.24, 2.45) is 0 Å². The van der Waals surface area contributed by atoms with Gasteiger partial charge in [-0.2, -0.15) is 0 Å². The van der Waals surface area contributed by atoms with Gasteiger partial charge < -0.3 is 0 Å². The normalized spacial score (nSPS) is 14.1. The maximum atomic E-state index is 14.2. The van der Waals surface area contributed by atoms with Gasteiger partial charge in [0.2, 0.25) is 0 Å². The van der Waals surface area contributed by atoms with Crippen LogP contribution in [-0.2, 0) is 0 Å². The smallest absolute Gasteiger partial charge is 0.266 e. The Morgan fingerprint density at radius 1 is 0.550 bits per heavy atom. The number of carbonyl (C=O) groups is 4. The van der Waals surface area contributed by atoms with Crippen LogP contribution in [0.3, 0.4) is 0 Å². The monoisotopic (exact) mass is 521 g/mol. The molecule has 7 rings (SSSR count). The number of aromatic nitrogens is 2. The zero-order chi connectivity index (χ0) is 27.5. The van der Waals surface area contributed by atoms with Gasteiger partial charge in [-0.15, -0.1) is 0 Å². The van der Waals surface area contributed by atoms with Crippen molar-refractivity contribution in [2.75, 3.05) is 9.80 Å². The summed E-state index contributed by atoms with van der Waals surface area (Å²) in [5.74, 6) is -2.30. The van der Waals surface area contributed by atoms with Crippen LogP contribution in [0.5, 0.6) is 0 Å². The molecule has 4 amide bonds. The molecule has 0 spiro atoms. The third kappa shape index (κ3) is 3.14. The average Bonchev–Trinajstić information content (AvgIpc) is 3.00. The van der Waals surface area contributed by atoms with Gasteiger partial charge >= 0.3 is 0 Å². The highest BCUT2D eigenvalue weighted by molar-refractivity contribution is 6.43. The molecule has 3 aromatic carbocycles. The summed E-state index contributed by atoms with van der Waals surface area (Å²) in [6.07, 6.45) is 5.95. The number of nitrogens with zero attached hydrogens (tertiary/aromatic N) is 5. The summed E-state index contributed by atoms with van der Waals surface area (Å²) < 4.78 is 0. The Hall–Kier alpha value is -6.01. The fourth-order valence-electron chi connectivity index (χ4n) is 5.37. The highest BCUT2D eigenvalue weighted by Gasteiger charge is 2.42. The molecule has 0 unspecified atom stereocenters. The van der Waals surface area contributed by atoms with Crippen molar-refractivity contribution in [2.45, 2.75) is 0 Å². The van der Waals surface area contributed by atoms with Gasteiger partial charge in [-0.3, -0.25) is 29.1 Å². The number of imide groups is 2. The van der Waals surface area contributed by atoms with Gasteiger partial charge in [0.15, 0.2) is 5.69 Å². The Kier molecular flexibility index (Phi) is 4.92. The van der Waals surface area contributed by atoms with Gasteiger partial charge in [-0.1, -0.05) is 24.3 Å². The molecule has 188 valence electrons. The third-order valence-corrected chi connectivity index (χ3v) is 7.15. The summed E-state index contributed by atoms with van der Waals surface area (Å²) in [6, 6.07) is 17.5. The molecule has 5 aromatic rings. The zero-order valence-corrected chi connectivity index (χ0v) is 20.5. The van der Waals surface area contributed by atoms with Crippen LogP contribution >= 0.6 is 0 Å². The molecule has 2 aliphatic heterocycles. The Labute approximate surface area is 226 Å². The molecule has 0 fully saturated rings. The number of rotatable bonds is 3. The largest absolute Gasteiger partial charge is 0.268 e. The minimum absolute atomic E-state index is 0.189. The second kappa shape index (κ2) is 8.51. The number of carbonyl (C=O) groups excluding carboxylic acids is 4. The molecule has 2 aliphatic rings. The number of hydrogen-bond acceptors (Lipinski definition) is 6. The molecule has 0 atom stereocenters. The molecule has 0 bridgehead atoms. The van der Waals surface area contributed by atoms with Crippen LogP contribution in [0.2, 0.25) is 0 Å². The van der Waals surface area contributed by atoms with E-state index in [1.807, 2.05) is 0 Å². The third-order valence-electron chi connectivity index (χ3n) is 7.15. The first-order valence-electron chi connectivity index (χ1n) is 12.2. The molecule has 0 saturated carbocycles. The SMILES string of the molecule is [C-]#[N+]c1ccc(-c2cc3c4c(ccc5c4c2C(=O)N(c2ccncc2)C5=O)C(=O)N(c2ccncc2)C3=O)cc1. The molecule has 40 heavy (non-hydrogen) atoms. The first-order chi connectivity index (χ1) is 19.5. The fourth-order valence-corrected chi connectivity index (χ4v) is 5.37. The van der Waals surface area contributed by atoms with Gasteiger partial charge in [0.05, 0.1) is 23.5 Å². The van der Waals surface area contributed by atoms with E-state index in [-0.39, 0.29) is 33.0 Å². The number of hydrogen-bond donors (Lipinski definition) is 0. The lowest BCUT2D eigenvalue weighted by Crippen LogP contribution is -2.43. The fraction of sp³-hybridized carbons (Fsp3) is 0. The summed E-state index contributed by atoms with van der Waals surface area (Å²) in [6.45, 7) is 7.30. The quantitative estimate of drug-likeness (QED) is 0.231. The first-order valence-corrected chi connectivity index (χ1v) is 12.2. The van der Waals surface area contributed by atoms with Crippen LogP contribution in [0.4, 0.5) is 17.1 Å². The van der Waals surface area contributed by atoms with Gasteiger partial charge in [0, 0.05) is 52.3 Å². The Balaban J connectivity index is 1.57. The summed E-state index contributed by atoms with van der Waals surface area (Å²) >= 11 is 0. The molecule has 0 radical (unpaired) electrons. The van der Waals surface area contributed by atoms with E-state index in [1.54, 1.807) is 54.6 Å². The maximum Gasteiger partial charge on any atom is 0.266 e. The predicted octanol–water partition coefficient (Wildman–Crippen LogP) is 5.45. The predicted molar refractivity (Wildman–Crippen MR) is 146 cm³/mol. The van der Waals surface area contributed by atoms with Crippen LogP contribution in [0, 0.1) is 6.57 Å². The molecule has 4 heterocycles. The van der Waals surface area contributed by atoms with Crippen molar-refractivity contribution < 1.29 is 19.2 Å². The summed E-state index contributed by atoms with van der Waals surface area (Å²) in [4.78, 5) is 69.1. The minimum Gasteiger partial charge on any atom is -0.268 e. The maximum absolute atomic E-state index is 14.2. The topological polar surface area (TPSA) is 105 Å². The van der Waals surface area contributed by atoms with Crippen molar-refractivity contribution in [3.8, 4) is 11.1 Å². The summed E-state index contributed by atoms with van der Waals surface area (Å²) in [7, 11) is 0. The molecule has 0 saturated heterocycles. The van der Waals surface area contributed by atoms with Crippen molar-refractivity contribution in [3.05, 3.63) is 125 Å². The number of pyridine rings is 2. The van der Waals surface area contributed by atoms with Gasteiger partial charge in [-0.05, 0) is 53.6 Å². The highest BCUT2D eigenvalue weighted by atomic mass is 16.2. The highest BCUT2D eigenvalue weighted by Crippen LogP contribution is 2.44. The van der Waals surface area contributed by atoms with Crippen molar-refractivity contribution in [1.82, 2.24) is 9.97 Å². The average molecular weight is 521 g/mol. The summed E-state index contributed by atoms with van der Waals surface area (Å²) in [5, 5.41) is 0.529.